The highest BCUT2D eigenvalue weighted by molar-refractivity contribution is 7.90. The second-order valence-corrected chi connectivity index (χ2v) is 8.82. The van der Waals surface area contributed by atoms with Crippen molar-refractivity contribution in [2.45, 2.75) is 44.6 Å². The van der Waals surface area contributed by atoms with Crippen molar-refractivity contribution in [2.75, 3.05) is 46.1 Å². The Kier molecular flexibility index (Phi) is 10.9. The number of nitrogens with one attached hydrogen (secondary N) is 2. The van der Waals surface area contributed by atoms with Gasteiger partial charge in [-0.2, -0.15) is 0 Å². The van der Waals surface area contributed by atoms with Gasteiger partial charge in [0.15, 0.2) is 15.8 Å². The van der Waals surface area contributed by atoms with Crippen LogP contribution in [0.1, 0.15) is 33.6 Å². The van der Waals surface area contributed by atoms with Gasteiger partial charge in [0, 0.05) is 19.3 Å². The molecule has 0 saturated carbocycles. The van der Waals surface area contributed by atoms with Crippen LogP contribution in [0.2, 0.25) is 0 Å². The largest absolute Gasteiger partial charge is 0.492 e. The second-order valence-electron chi connectivity index (χ2n) is 6.81. The summed E-state index contributed by atoms with van der Waals surface area (Å²) in [6, 6.07) is 6.78. The predicted octanol–water partition coefficient (Wildman–Crippen LogP) is 2.14. The summed E-state index contributed by atoms with van der Waals surface area (Å²) in [7, 11) is -1.43. The maximum absolute atomic E-state index is 11.5. The highest BCUT2D eigenvalue weighted by Gasteiger charge is 2.08. The summed E-state index contributed by atoms with van der Waals surface area (Å²) in [6.45, 7) is 10.9. The fourth-order valence-corrected chi connectivity index (χ4v) is 3.41. The highest BCUT2D eigenvalue weighted by Crippen LogP contribution is 2.15. The van der Waals surface area contributed by atoms with Gasteiger partial charge in [0.2, 0.25) is 0 Å². The molecule has 7 nitrogen and oxygen atoms in total. The molecule has 1 unspecified atom stereocenters. The average molecular weight is 413 g/mol. The summed E-state index contributed by atoms with van der Waals surface area (Å²) in [4.78, 5) is 6.97. The molecule has 160 valence electrons. The predicted molar refractivity (Wildman–Crippen MR) is 116 cm³/mol. The lowest BCUT2D eigenvalue weighted by molar-refractivity contribution is 0.292. The molecule has 0 fully saturated rings. The molecule has 0 aliphatic rings. The van der Waals surface area contributed by atoms with Gasteiger partial charge in [-0.3, -0.25) is 4.99 Å². The van der Waals surface area contributed by atoms with Crippen molar-refractivity contribution in [2.24, 2.45) is 4.99 Å². The number of rotatable bonds is 12. The van der Waals surface area contributed by atoms with Crippen LogP contribution >= 0.6 is 0 Å². The van der Waals surface area contributed by atoms with E-state index >= 15 is 0 Å². The topological polar surface area (TPSA) is 83.0 Å². The van der Waals surface area contributed by atoms with Gasteiger partial charge in [0.05, 0.1) is 11.4 Å². The molecule has 0 radical (unpaired) electrons. The lowest BCUT2D eigenvalue weighted by Crippen LogP contribution is -2.43. The van der Waals surface area contributed by atoms with Crippen molar-refractivity contribution in [3.05, 3.63) is 24.3 Å². The second kappa shape index (κ2) is 12.6. The molecule has 0 heterocycles. The van der Waals surface area contributed by atoms with E-state index in [2.05, 4.69) is 41.3 Å². The van der Waals surface area contributed by atoms with Gasteiger partial charge in [0.25, 0.3) is 0 Å². The smallest absolute Gasteiger partial charge is 0.191 e. The molecular weight excluding hydrogens is 376 g/mol. The minimum absolute atomic E-state index is 0.289. The van der Waals surface area contributed by atoms with E-state index < -0.39 is 9.84 Å². The molecule has 1 atom stereocenters. The van der Waals surface area contributed by atoms with E-state index in [4.69, 9.17) is 4.74 Å². The summed E-state index contributed by atoms with van der Waals surface area (Å²) in [5, 5.41) is 6.63. The van der Waals surface area contributed by atoms with Gasteiger partial charge < -0.3 is 20.3 Å². The number of benzene rings is 1. The Morgan fingerprint density at radius 2 is 1.86 bits per heavy atom. The normalized spacial score (nSPS) is 13.4. The van der Waals surface area contributed by atoms with E-state index in [1.165, 1.54) is 6.26 Å². The number of nitrogens with zero attached hydrogens (tertiary/aromatic N) is 2. The van der Waals surface area contributed by atoms with Gasteiger partial charge in [0.1, 0.15) is 12.4 Å². The van der Waals surface area contributed by atoms with Crippen molar-refractivity contribution in [3.8, 4) is 5.75 Å². The molecule has 0 spiro atoms. The number of hydrogen-bond donors (Lipinski definition) is 2. The Balaban J connectivity index is 2.29. The summed E-state index contributed by atoms with van der Waals surface area (Å²) in [5.74, 6) is 1.40. The molecule has 0 aliphatic heterocycles. The number of hydrogen-bond acceptors (Lipinski definition) is 5. The first-order chi connectivity index (χ1) is 13.3. The Labute approximate surface area is 170 Å². The number of ether oxygens (including phenoxy) is 1. The van der Waals surface area contributed by atoms with Crippen LogP contribution in [-0.4, -0.2) is 71.4 Å². The molecule has 2 N–H and O–H groups in total. The molecular formula is C20H36N4O3S. The van der Waals surface area contributed by atoms with Gasteiger partial charge in [-0.15, -0.1) is 0 Å². The van der Waals surface area contributed by atoms with E-state index in [9.17, 15) is 8.42 Å². The minimum atomic E-state index is -3.18. The lowest BCUT2D eigenvalue weighted by atomic mass is 10.2. The molecule has 0 amide bonds. The van der Waals surface area contributed by atoms with Crippen LogP contribution < -0.4 is 15.4 Å². The van der Waals surface area contributed by atoms with Crippen molar-refractivity contribution < 1.29 is 13.2 Å². The fourth-order valence-electron chi connectivity index (χ4n) is 2.78. The van der Waals surface area contributed by atoms with Crippen LogP contribution in [0.25, 0.3) is 0 Å². The zero-order valence-electron chi connectivity index (χ0n) is 17.9. The third-order valence-corrected chi connectivity index (χ3v) is 5.66. The van der Waals surface area contributed by atoms with E-state index in [0.717, 1.165) is 38.4 Å². The fraction of sp³-hybridized carbons (Fsp3) is 0.650. The first-order valence-corrected chi connectivity index (χ1v) is 11.8. The Hall–Kier alpha value is -1.80. The van der Waals surface area contributed by atoms with E-state index in [-0.39, 0.29) is 4.90 Å². The van der Waals surface area contributed by atoms with Gasteiger partial charge in [-0.05, 0) is 63.7 Å². The van der Waals surface area contributed by atoms with Gasteiger partial charge in [-0.1, -0.05) is 13.8 Å². The third-order valence-electron chi connectivity index (χ3n) is 4.53. The first kappa shape index (κ1) is 24.2. The van der Waals surface area contributed by atoms with E-state index in [0.29, 0.717) is 24.9 Å². The lowest BCUT2D eigenvalue weighted by Gasteiger charge is -2.21. The molecule has 8 heteroatoms. The average Bonchev–Trinajstić information content (AvgIpc) is 2.67. The highest BCUT2D eigenvalue weighted by atomic mass is 32.2. The summed E-state index contributed by atoms with van der Waals surface area (Å²) >= 11 is 0. The Morgan fingerprint density at radius 3 is 2.39 bits per heavy atom. The molecule has 1 aromatic carbocycles. The molecule has 0 aromatic heterocycles. The number of aliphatic imine (C=N–C) groups is 1. The van der Waals surface area contributed by atoms with Crippen LogP contribution in [-0.2, 0) is 9.84 Å². The Morgan fingerprint density at radius 1 is 1.21 bits per heavy atom. The van der Waals surface area contributed by atoms with Crippen molar-refractivity contribution in [1.82, 2.24) is 15.5 Å². The minimum Gasteiger partial charge on any atom is -0.492 e. The third kappa shape index (κ3) is 9.41. The molecule has 1 rings (SSSR count). The van der Waals surface area contributed by atoms with Crippen LogP contribution in [0.3, 0.4) is 0 Å². The number of guanidine groups is 1. The zero-order valence-corrected chi connectivity index (χ0v) is 18.7. The molecule has 28 heavy (non-hydrogen) atoms. The molecule has 1 aromatic rings. The summed E-state index contributed by atoms with van der Waals surface area (Å²) in [5.41, 5.74) is 0. The first-order valence-electron chi connectivity index (χ1n) is 9.92. The van der Waals surface area contributed by atoms with Gasteiger partial charge >= 0.3 is 0 Å². The van der Waals surface area contributed by atoms with Crippen LogP contribution in [0.5, 0.6) is 5.75 Å². The van der Waals surface area contributed by atoms with Crippen molar-refractivity contribution in [3.63, 3.8) is 0 Å². The van der Waals surface area contributed by atoms with E-state index in [1.807, 2.05) is 0 Å². The maximum Gasteiger partial charge on any atom is 0.191 e. The molecule has 0 aliphatic carbocycles. The van der Waals surface area contributed by atoms with Crippen molar-refractivity contribution in [1.29, 1.82) is 0 Å². The summed E-state index contributed by atoms with van der Waals surface area (Å²) in [6.07, 6.45) is 3.43. The van der Waals surface area contributed by atoms with Crippen LogP contribution in [0, 0.1) is 0 Å². The number of sulfone groups is 1. The van der Waals surface area contributed by atoms with E-state index in [1.54, 1.807) is 31.3 Å². The van der Waals surface area contributed by atoms with Crippen LogP contribution in [0.4, 0.5) is 0 Å². The van der Waals surface area contributed by atoms with Crippen molar-refractivity contribution >= 4 is 15.8 Å². The summed E-state index contributed by atoms with van der Waals surface area (Å²) < 4.78 is 28.6. The maximum atomic E-state index is 11.5. The standard InChI is InChI=1S/C20H36N4O3S/c1-6-24(7-2)15-8-9-17(3)23-20(21-4)22-14-16-27-18-10-12-19(13-11-18)28(5,25)26/h10-13,17H,6-9,14-16H2,1-5H3,(H2,21,22,23). The zero-order chi connectivity index (χ0) is 21.0. The Bertz CT molecular complexity index is 686. The molecule has 0 bridgehead atoms. The SMILES string of the molecule is CCN(CC)CCCC(C)NC(=NC)NCCOc1ccc(S(C)(=O)=O)cc1. The quantitative estimate of drug-likeness (QED) is 0.311. The monoisotopic (exact) mass is 412 g/mol. The van der Waals surface area contributed by atoms with Gasteiger partial charge in [-0.25, -0.2) is 8.42 Å². The van der Waals surface area contributed by atoms with Crippen LogP contribution in [0.15, 0.2) is 34.2 Å². The molecule has 0 saturated heterocycles.